The number of carbonyl (C=O) groups is 2. The summed E-state index contributed by atoms with van der Waals surface area (Å²) in [6.45, 7) is 3.44. The van der Waals surface area contributed by atoms with Crippen LogP contribution in [0, 0.1) is 6.92 Å². The van der Waals surface area contributed by atoms with Gasteiger partial charge in [-0.15, -0.1) is 0 Å². The highest BCUT2D eigenvalue weighted by atomic mass is 16.5. The van der Waals surface area contributed by atoms with Crippen LogP contribution in [0.4, 0.5) is 5.69 Å². The minimum Gasteiger partial charge on any atom is -0.482 e. The van der Waals surface area contributed by atoms with Crippen molar-refractivity contribution < 1.29 is 18.7 Å². The lowest BCUT2D eigenvalue weighted by molar-refractivity contribution is -0.132. The average Bonchev–Trinajstić information content (AvgIpc) is 3.05. The van der Waals surface area contributed by atoms with Crippen LogP contribution in [0.2, 0.25) is 0 Å². The van der Waals surface area contributed by atoms with Crippen molar-refractivity contribution >= 4 is 17.5 Å². The van der Waals surface area contributed by atoms with E-state index < -0.39 is 0 Å². The Balaban J connectivity index is 1.76. The number of anilines is 1. The number of rotatable bonds is 7. The van der Waals surface area contributed by atoms with Gasteiger partial charge in [0.25, 0.3) is 5.91 Å². The van der Waals surface area contributed by atoms with Gasteiger partial charge in [0.2, 0.25) is 5.91 Å². The van der Waals surface area contributed by atoms with Crippen LogP contribution in [0.25, 0.3) is 0 Å². The molecule has 2 heterocycles. The van der Waals surface area contributed by atoms with E-state index >= 15 is 0 Å². The van der Waals surface area contributed by atoms with Gasteiger partial charge in [0.1, 0.15) is 23.8 Å². The Kier molecular flexibility index (Phi) is 5.81. The van der Waals surface area contributed by atoms with Crippen molar-refractivity contribution in [1.82, 2.24) is 9.80 Å². The molecule has 0 N–H and O–H groups in total. The summed E-state index contributed by atoms with van der Waals surface area (Å²) in [4.78, 5) is 30.6. The Hall–Kier alpha value is -2.80. The summed E-state index contributed by atoms with van der Waals surface area (Å²) in [6.07, 6.45) is 0. The zero-order chi connectivity index (χ0) is 19.4. The van der Waals surface area contributed by atoms with Crippen LogP contribution in [0.5, 0.6) is 5.75 Å². The van der Waals surface area contributed by atoms with Gasteiger partial charge >= 0.3 is 0 Å². The summed E-state index contributed by atoms with van der Waals surface area (Å²) >= 11 is 0. The molecule has 0 spiro atoms. The Bertz CT molecular complexity index is 815. The van der Waals surface area contributed by atoms with Crippen molar-refractivity contribution in [2.24, 2.45) is 0 Å². The second kappa shape index (κ2) is 8.26. The van der Waals surface area contributed by atoms with Crippen molar-refractivity contribution in [3.63, 3.8) is 0 Å². The number of benzene rings is 1. The second-order valence-electron chi connectivity index (χ2n) is 6.87. The third-order valence-corrected chi connectivity index (χ3v) is 4.41. The molecule has 1 aliphatic heterocycles. The molecule has 0 unspecified atom stereocenters. The zero-order valence-electron chi connectivity index (χ0n) is 16.0. The van der Waals surface area contributed by atoms with Crippen LogP contribution in [-0.4, -0.2) is 62.0 Å². The summed E-state index contributed by atoms with van der Waals surface area (Å²) < 4.78 is 11.1. The number of likely N-dealkylation sites (N-methyl/N-ethyl adjacent to an activating group) is 1. The van der Waals surface area contributed by atoms with E-state index in [-0.39, 0.29) is 25.0 Å². The molecule has 0 radical (unpaired) electrons. The van der Waals surface area contributed by atoms with E-state index in [1.807, 2.05) is 50.2 Å². The van der Waals surface area contributed by atoms with Crippen LogP contribution in [0.1, 0.15) is 11.5 Å². The van der Waals surface area contributed by atoms with Crippen LogP contribution in [0.3, 0.4) is 0 Å². The Morgan fingerprint density at radius 1 is 1.15 bits per heavy atom. The number of ether oxygens (including phenoxy) is 1. The topological polar surface area (TPSA) is 66.2 Å². The average molecular weight is 371 g/mol. The summed E-state index contributed by atoms with van der Waals surface area (Å²) in [6, 6.07) is 11.0. The third-order valence-electron chi connectivity index (χ3n) is 4.41. The molecule has 144 valence electrons. The monoisotopic (exact) mass is 371 g/mol. The van der Waals surface area contributed by atoms with Gasteiger partial charge in [-0.2, -0.15) is 0 Å². The number of para-hydroxylation sites is 2. The van der Waals surface area contributed by atoms with Crippen LogP contribution < -0.4 is 9.64 Å². The number of carbonyl (C=O) groups excluding carboxylic acids is 2. The molecule has 0 atom stereocenters. The molecule has 1 aliphatic rings. The molecule has 3 rings (SSSR count). The molecule has 0 saturated carbocycles. The van der Waals surface area contributed by atoms with Crippen molar-refractivity contribution in [3.8, 4) is 5.75 Å². The third kappa shape index (κ3) is 4.68. The number of amides is 2. The molecule has 0 fully saturated rings. The van der Waals surface area contributed by atoms with Crippen molar-refractivity contribution in [2.75, 3.05) is 45.2 Å². The maximum absolute atomic E-state index is 13.0. The highest BCUT2D eigenvalue weighted by Gasteiger charge is 2.29. The summed E-state index contributed by atoms with van der Waals surface area (Å²) in [7, 11) is 3.92. The van der Waals surface area contributed by atoms with E-state index in [9.17, 15) is 9.59 Å². The van der Waals surface area contributed by atoms with Gasteiger partial charge in [-0.25, -0.2) is 0 Å². The van der Waals surface area contributed by atoms with E-state index in [2.05, 4.69) is 0 Å². The molecule has 1 aromatic carbocycles. The lowest BCUT2D eigenvalue weighted by Gasteiger charge is -2.31. The van der Waals surface area contributed by atoms with Crippen LogP contribution in [-0.2, 0) is 16.1 Å². The SMILES string of the molecule is Cc1ccc(CN(CCN(C)C)C(=O)CN2C(=O)COc3ccccc32)o1. The fraction of sp³-hybridized carbons (Fsp3) is 0.400. The summed E-state index contributed by atoms with van der Waals surface area (Å²) in [5.74, 6) is 1.81. The van der Waals surface area contributed by atoms with Crippen LogP contribution >= 0.6 is 0 Å². The Morgan fingerprint density at radius 2 is 1.93 bits per heavy atom. The smallest absolute Gasteiger partial charge is 0.265 e. The number of fused-ring (bicyclic) bond motifs is 1. The van der Waals surface area contributed by atoms with Gasteiger partial charge in [0, 0.05) is 13.1 Å². The summed E-state index contributed by atoms with van der Waals surface area (Å²) in [5, 5.41) is 0. The molecule has 0 saturated heterocycles. The van der Waals surface area contributed by atoms with Crippen molar-refractivity contribution in [2.45, 2.75) is 13.5 Å². The predicted octanol–water partition coefficient (Wildman–Crippen LogP) is 1.90. The zero-order valence-corrected chi connectivity index (χ0v) is 16.0. The van der Waals surface area contributed by atoms with Gasteiger partial charge in [0.15, 0.2) is 6.61 Å². The van der Waals surface area contributed by atoms with Gasteiger partial charge in [-0.05, 0) is 45.3 Å². The molecule has 7 nitrogen and oxygen atoms in total. The standard InChI is InChI=1S/C20H25N3O4/c1-15-8-9-16(27-15)12-22(11-10-21(2)3)19(24)13-23-17-6-4-5-7-18(17)26-14-20(23)25/h4-9H,10-14H2,1-3H3. The maximum Gasteiger partial charge on any atom is 0.265 e. The normalized spacial score (nSPS) is 13.5. The molecule has 2 amide bonds. The second-order valence-corrected chi connectivity index (χ2v) is 6.87. The van der Waals surface area contributed by atoms with E-state index in [1.54, 1.807) is 17.0 Å². The molecule has 7 heteroatoms. The Morgan fingerprint density at radius 3 is 2.63 bits per heavy atom. The quantitative estimate of drug-likeness (QED) is 0.744. The first-order valence-electron chi connectivity index (χ1n) is 8.94. The maximum atomic E-state index is 13.0. The highest BCUT2D eigenvalue weighted by molar-refractivity contribution is 6.02. The molecule has 2 aromatic rings. The summed E-state index contributed by atoms with van der Waals surface area (Å²) in [5.41, 5.74) is 0.628. The van der Waals surface area contributed by atoms with Crippen molar-refractivity contribution in [3.05, 3.63) is 47.9 Å². The molecular weight excluding hydrogens is 346 g/mol. The lowest BCUT2D eigenvalue weighted by atomic mass is 10.2. The molecule has 0 bridgehead atoms. The fourth-order valence-electron chi connectivity index (χ4n) is 2.93. The number of aryl methyl sites for hydroxylation is 1. The van der Waals surface area contributed by atoms with Gasteiger partial charge in [-0.3, -0.25) is 14.5 Å². The number of hydrogen-bond acceptors (Lipinski definition) is 5. The highest BCUT2D eigenvalue weighted by Crippen LogP contribution is 2.31. The first-order chi connectivity index (χ1) is 12.9. The fourth-order valence-corrected chi connectivity index (χ4v) is 2.93. The number of nitrogens with zero attached hydrogens (tertiary/aromatic N) is 3. The predicted molar refractivity (Wildman–Crippen MR) is 102 cm³/mol. The Labute approximate surface area is 159 Å². The molecular formula is C20H25N3O4. The molecule has 0 aliphatic carbocycles. The first-order valence-corrected chi connectivity index (χ1v) is 8.94. The minimum absolute atomic E-state index is 0.0215. The largest absolute Gasteiger partial charge is 0.482 e. The number of hydrogen-bond donors (Lipinski definition) is 0. The first kappa shape index (κ1) is 19.0. The lowest BCUT2D eigenvalue weighted by Crippen LogP contribution is -2.47. The van der Waals surface area contributed by atoms with Gasteiger partial charge in [0.05, 0.1) is 12.2 Å². The van der Waals surface area contributed by atoms with E-state index in [1.165, 1.54) is 4.90 Å². The van der Waals surface area contributed by atoms with Gasteiger partial charge in [-0.1, -0.05) is 12.1 Å². The van der Waals surface area contributed by atoms with Crippen molar-refractivity contribution in [1.29, 1.82) is 0 Å². The molecule has 27 heavy (non-hydrogen) atoms. The van der Waals surface area contributed by atoms with E-state index in [0.717, 1.165) is 18.1 Å². The molecule has 1 aromatic heterocycles. The van der Waals surface area contributed by atoms with E-state index in [0.29, 0.717) is 24.5 Å². The van der Waals surface area contributed by atoms with Gasteiger partial charge < -0.3 is 19.0 Å². The minimum atomic E-state index is -0.219. The van der Waals surface area contributed by atoms with E-state index in [4.69, 9.17) is 9.15 Å². The number of furan rings is 1. The van der Waals surface area contributed by atoms with Crippen LogP contribution in [0.15, 0.2) is 40.8 Å².